The third-order valence-electron chi connectivity index (χ3n) is 4.34. The molecular weight excluding hydrogens is 422 g/mol. The fourth-order valence-electron chi connectivity index (χ4n) is 2.77. The monoisotopic (exact) mass is 439 g/mol. The van der Waals surface area contributed by atoms with Gasteiger partial charge in [-0.05, 0) is 42.5 Å². The number of imide groups is 1. The average Bonchev–Trinajstić information content (AvgIpc) is 3.47. The second-order valence-electron chi connectivity index (χ2n) is 6.52. The van der Waals surface area contributed by atoms with Crippen molar-refractivity contribution in [2.75, 3.05) is 13.1 Å². The molecule has 3 aromatic rings. The van der Waals surface area contributed by atoms with Gasteiger partial charge >= 0.3 is 0 Å². The van der Waals surface area contributed by atoms with Gasteiger partial charge in [-0.2, -0.15) is 0 Å². The molecule has 3 amide bonds. The molecular formula is C21H17N3O4S2. The summed E-state index contributed by atoms with van der Waals surface area (Å²) in [6, 6.07) is 11.2. The van der Waals surface area contributed by atoms with Crippen LogP contribution >= 0.6 is 23.1 Å². The van der Waals surface area contributed by atoms with Crippen molar-refractivity contribution in [1.29, 1.82) is 0 Å². The number of furan rings is 1. The Morgan fingerprint density at radius 1 is 1.23 bits per heavy atom. The highest BCUT2D eigenvalue weighted by Crippen LogP contribution is 2.32. The number of aromatic nitrogens is 1. The largest absolute Gasteiger partial charge is 0.462 e. The highest BCUT2D eigenvalue weighted by molar-refractivity contribution is 8.18. The van der Waals surface area contributed by atoms with E-state index in [0.717, 1.165) is 27.8 Å². The summed E-state index contributed by atoms with van der Waals surface area (Å²) in [5, 5.41) is 4.60. The number of nitrogens with zero attached hydrogens (tertiary/aromatic N) is 2. The summed E-state index contributed by atoms with van der Waals surface area (Å²) in [4.78, 5) is 42.8. The summed E-state index contributed by atoms with van der Waals surface area (Å²) in [5.74, 6) is -0.128. The van der Waals surface area contributed by atoms with E-state index < -0.39 is 0 Å². The minimum atomic E-state index is -0.369. The number of nitrogens with one attached hydrogen (secondary N) is 1. The maximum atomic E-state index is 12.5. The lowest BCUT2D eigenvalue weighted by molar-refractivity contribution is -0.122. The maximum Gasteiger partial charge on any atom is 0.293 e. The first-order valence-corrected chi connectivity index (χ1v) is 10.8. The van der Waals surface area contributed by atoms with Crippen molar-refractivity contribution < 1.29 is 18.8 Å². The predicted octanol–water partition coefficient (Wildman–Crippen LogP) is 4.18. The third kappa shape index (κ3) is 4.37. The summed E-state index contributed by atoms with van der Waals surface area (Å²) in [6.45, 7) is 2.22. The molecule has 7 nitrogen and oxygen atoms in total. The van der Waals surface area contributed by atoms with Gasteiger partial charge in [0.2, 0.25) is 0 Å². The first kappa shape index (κ1) is 20.1. The average molecular weight is 440 g/mol. The molecule has 1 fully saturated rings. The Labute approximate surface area is 180 Å². The molecule has 9 heteroatoms. The number of hydrogen-bond donors (Lipinski definition) is 1. The van der Waals surface area contributed by atoms with Crippen molar-refractivity contribution in [2.45, 2.75) is 6.92 Å². The summed E-state index contributed by atoms with van der Waals surface area (Å²) in [7, 11) is 0. The van der Waals surface area contributed by atoms with E-state index in [1.54, 1.807) is 29.9 Å². The summed E-state index contributed by atoms with van der Waals surface area (Å²) in [5.41, 5.74) is 2.24. The molecule has 152 valence electrons. The molecule has 1 aromatic carbocycles. The van der Waals surface area contributed by atoms with Crippen LogP contribution in [-0.2, 0) is 4.79 Å². The third-order valence-corrected chi connectivity index (χ3v) is 6.10. The molecule has 0 aliphatic carbocycles. The summed E-state index contributed by atoms with van der Waals surface area (Å²) < 4.78 is 5.27. The number of aryl methyl sites for hydroxylation is 1. The first-order chi connectivity index (χ1) is 14.5. The molecule has 30 heavy (non-hydrogen) atoms. The summed E-state index contributed by atoms with van der Waals surface area (Å²) >= 11 is 2.20. The SMILES string of the molecule is Cc1ccc(/C=C2/SC(=O)N(CCNC(=O)c3csc(-c4ccco4)n3)C2=O)cc1. The van der Waals surface area contributed by atoms with E-state index in [9.17, 15) is 14.4 Å². The van der Waals surface area contributed by atoms with E-state index in [4.69, 9.17) is 4.42 Å². The lowest BCUT2D eigenvalue weighted by Crippen LogP contribution is -2.37. The zero-order valence-corrected chi connectivity index (χ0v) is 17.6. The zero-order chi connectivity index (χ0) is 21.1. The van der Waals surface area contributed by atoms with Crippen LogP contribution in [-0.4, -0.2) is 40.0 Å². The van der Waals surface area contributed by atoms with Crippen LogP contribution < -0.4 is 5.32 Å². The van der Waals surface area contributed by atoms with Crippen molar-refractivity contribution in [3.8, 4) is 10.8 Å². The Hall–Kier alpha value is -3.17. The highest BCUT2D eigenvalue weighted by atomic mass is 32.2. The van der Waals surface area contributed by atoms with Gasteiger partial charge in [-0.15, -0.1) is 11.3 Å². The van der Waals surface area contributed by atoms with E-state index >= 15 is 0 Å². The minimum absolute atomic E-state index is 0.0941. The van der Waals surface area contributed by atoms with Gasteiger partial charge in [0.1, 0.15) is 5.69 Å². The van der Waals surface area contributed by atoms with Crippen molar-refractivity contribution in [2.24, 2.45) is 0 Å². The molecule has 0 saturated carbocycles. The van der Waals surface area contributed by atoms with E-state index in [-0.39, 0.29) is 35.8 Å². The van der Waals surface area contributed by atoms with E-state index in [2.05, 4.69) is 10.3 Å². The highest BCUT2D eigenvalue weighted by Gasteiger charge is 2.34. The predicted molar refractivity (Wildman–Crippen MR) is 116 cm³/mol. The number of thioether (sulfide) groups is 1. The normalized spacial score (nSPS) is 15.2. The van der Waals surface area contributed by atoms with Crippen LogP contribution in [0.2, 0.25) is 0 Å². The number of amides is 3. The molecule has 1 aliphatic heterocycles. The van der Waals surface area contributed by atoms with E-state index in [1.165, 1.54) is 11.3 Å². The van der Waals surface area contributed by atoms with Gasteiger partial charge in [0.05, 0.1) is 11.2 Å². The minimum Gasteiger partial charge on any atom is -0.462 e. The molecule has 0 spiro atoms. The number of hydrogen-bond acceptors (Lipinski definition) is 7. The van der Waals surface area contributed by atoms with Crippen LogP contribution in [0.25, 0.3) is 16.8 Å². The molecule has 0 radical (unpaired) electrons. The van der Waals surface area contributed by atoms with Gasteiger partial charge in [0.15, 0.2) is 10.8 Å². The molecule has 0 unspecified atom stereocenters. The molecule has 2 aromatic heterocycles. The number of thiazole rings is 1. The van der Waals surface area contributed by atoms with Crippen LogP contribution in [0.3, 0.4) is 0 Å². The van der Waals surface area contributed by atoms with E-state index in [0.29, 0.717) is 15.7 Å². The van der Waals surface area contributed by atoms with Gasteiger partial charge in [0.25, 0.3) is 17.1 Å². The molecule has 4 rings (SSSR count). The topological polar surface area (TPSA) is 92.5 Å². The molecule has 3 heterocycles. The number of rotatable bonds is 6. The quantitative estimate of drug-likeness (QED) is 0.580. The van der Waals surface area contributed by atoms with Crippen molar-refractivity contribution in [3.05, 3.63) is 69.8 Å². The first-order valence-electron chi connectivity index (χ1n) is 9.11. The van der Waals surface area contributed by atoms with Gasteiger partial charge in [-0.1, -0.05) is 29.8 Å². The Kier molecular flexibility index (Phi) is 5.82. The fraction of sp³-hybridized carbons (Fsp3) is 0.143. The molecule has 1 N–H and O–H groups in total. The van der Waals surface area contributed by atoms with Gasteiger partial charge < -0.3 is 9.73 Å². The molecule has 1 aliphatic rings. The lowest BCUT2D eigenvalue weighted by atomic mass is 10.1. The second kappa shape index (κ2) is 8.68. The molecule has 0 atom stereocenters. The van der Waals surface area contributed by atoms with Crippen LogP contribution in [0, 0.1) is 6.92 Å². The number of carbonyl (C=O) groups is 3. The number of carbonyl (C=O) groups excluding carboxylic acids is 3. The van der Waals surface area contributed by atoms with E-state index in [1.807, 2.05) is 31.2 Å². The zero-order valence-electron chi connectivity index (χ0n) is 16.0. The molecule has 0 bridgehead atoms. The Bertz CT molecular complexity index is 1120. The fourth-order valence-corrected chi connectivity index (χ4v) is 4.40. The second-order valence-corrected chi connectivity index (χ2v) is 8.37. The van der Waals surface area contributed by atoms with Crippen molar-refractivity contribution in [1.82, 2.24) is 15.2 Å². The van der Waals surface area contributed by atoms with Crippen LogP contribution in [0.15, 0.2) is 57.4 Å². The van der Waals surface area contributed by atoms with Crippen molar-refractivity contribution in [3.63, 3.8) is 0 Å². The Balaban J connectivity index is 1.33. The lowest BCUT2D eigenvalue weighted by Gasteiger charge is -2.12. The van der Waals surface area contributed by atoms with Gasteiger partial charge in [-0.3, -0.25) is 19.3 Å². The molecule has 1 saturated heterocycles. The summed E-state index contributed by atoms with van der Waals surface area (Å²) in [6.07, 6.45) is 3.24. The van der Waals surface area contributed by atoms with Crippen LogP contribution in [0.1, 0.15) is 21.6 Å². The van der Waals surface area contributed by atoms with Gasteiger partial charge in [0, 0.05) is 18.5 Å². The smallest absolute Gasteiger partial charge is 0.293 e. The standard InChI is InChI=1S/C21H17N3O4S2/c1-13-4-6-14(7-5-13)11-17-20(26)24(21(27)30-17)9-8-22-18(25)15-12-29-19(23-15)16-3-2-10-28-16/h2-7,10-12H,8-9H2,1H3,(H,22,25)/b17-11+. The van der Waals surface area contributed by atoms with Crippen LogP contribution in [0.4, 0.5) is 4.79 Å². The Morgan fingerprint density at radius 2 is 2.03 bits per heavy atom. The van der Waals surface area contributed by atoms with Crippen molar-refractivity contribution >= 4 is 46.2 Å². The van der Waals surface area contributed by atoms with Gasteiger partial charge in [-0.25, -0.2) is 4.98 Å². The Morgan fingerprint density at radius 3 is 2.77 bits per heavy atom. The number of benzene rings is 1. The maximum absolute atomic E-state index is 12.5. The van der Waals surface area contributed by atoms with Crippen LogP contribution in [0.5, 0.6) is 0 Å².